The maximum atomic E-state index is 11.5. The molecule has 1 unspecified atom stereocenters. The van der Waals surface area contributed by atoms with Gasteiger partial charge < -0.3 is 10.1 Å². The third-order valence-electron chi connectivity index (χ3n) is 2.86. The fraction of sp³-hybridized carbons (Fsp3) is 0.786. The molecule has 0 radical (unpaired) electrons. The van der Waals surface area contributed by atoms with Crippen molar-refractivity contribution < 1.29 is 9.53 Å². The zero-order valence-corrected chi connectivity index (χ0v) is 11.7. The Morgan fingerprint density at radius 1 is 1.50 bits per heavy atom. The van der Waals surface area contributed by atoms with Crippen LogP contribution in [-0.4, -0.2) is 49.7 Å². The number of hydrogen-bond acceptors (Lipinski definition) is 3. The molecule has 0 bridgehead atoms. The van der Waals surface area contributed by atoms with Gasteiger partial charge in [-0.15, -0.1) is 5.92 Å². The first-order chi connectivity index (χ1) is 8.63. The van der Waals surface area contributed by atoms with Crippen LogP contribution in [0.25, 0.3) is 0 Å². The molecule has 1 rings (SSSR count). The Morgan fingerprint density at radius 2 is 2.28 bits per heavy atom. The number of amides is 1. The maximum absolute atomic E-state index is 11.5. The topological polar surface area (TPSA) is 41.6 Å². The predicted molar refractivity (Wildman–Crippen MR) is 72.1 cm³/mol. The average Bonchev–Trinajstić information content (AvgIpc) is 2.36. The molecule has 0 saturated carbocycles. The Labute approximate surface area is 110 Å². The van der Waals surface area contributed by atoms with Gasteiger partial charge in [0.25, 0.3) is 0 Å². The first kappa shape index (κ1) is 15.0. The van der Waals surface area contributed by atoms with Gasteiger partial charge >= 0.3 is 0 Å². The lowest BCUT2D eigenvalue weighted by atomic mass is 10.2. The monoisotopic (exact) mass is 252 g/mol. The van der Waals surface area contributed by atoms with E-state index < -0.39 is 0 Å². The number of morpholine rings is 1. The lowest BCUT2D eigenvalue weighted by Crippen LogP contribution is -2.48. The number of nitrogens with zero attached hydrogens (tertiary/aromatic N) is 1. The minimum atomic E-state index is 0.0279. The van der Waals surface area contributed by atoms with E-state index in [-0.39, 0.29) is 17.9 Å². The van der Waals surface area contributed by atoms with Crippen LogP contribution in [0.3, 0.4) is 0 Å². The molecule has 18 heavy (non-hydrogen) atoms. The Morgan fingerprint density at radius 3 is 2.94 bits per heavy atom. The second kappa shape index (κ2) is 8.12. The molecule has 0 aromatic rings. The lowest BCUT2D eigenvalue weighted by Gasteiger charge is -2.31. The van der Waals surface area contributed by atoms with Gasteiger partial charge in [-0.2, -0.15) is 0 Å². The van der Waals surface area contributed by atoms with E-state index in [2.05, 4.69) is 29.0 Å². The number of hydrogen-bond donors (Lipinski definition) is 1. The Balaban J connectivity index is 2.28. The van der Waals surface area contributed by atoms with Gasteiger partial charge in [-0.1, -0.05) is 26.7 Å². The summed E-state index contributed by atoms with van der Waals surface area (Å²) in [5.74, 6) is 6.33. The molecule has 0 aromatic heterocycles. The first-order valence-electron chi connectivity index (χ1n) is 6.70. The van der Waals surface area contributed by atoms with Crippen LogP contribution in [0.4, 0.5) is 0 Å². The standard InChI is InChI=1S/C14H24N2O2/c1-4-5-6-7-16-8-9-18-13(11-16)10-15-14(17)12(2)3/h12-13H,4,7-11H2,1-3H3,(H,15,17). The predicted octanol–water partition coefficient (Wildman–Crippen LogP) is 0.873. The third-order valence-corrected chi connectivity index (χ3v) is 2.86. The van der Waals surface area contributed by atoms with Gasteiger partial charge in [-0.05, 0) is 0 Å². The first-order valence-corrected chi connectivity index (χ1v) is 6.70. The molecule has 0 spiro atoms. The van der Waals surface area contributed by atoms with E-state index in [1.807, 2.05) is 13.8 Å². The van der Waals surface area contributed by atoms with Gasteiger partial charge in [-0.25, -0.2) is 0 Å². The number of carbonyl (C=O) groups excluding carboxylic acids is 1. The van der Waals surface area contributed by atoms with Crippen LogP contribution < -0.4 is 5.32 Å². The summed E-state index contributed by atoms with van der Waals surface area (Å²) >= 11 is 0. The van der Waals surface area contributed by atoms with Gasteiger partial charge in [0.1, 0.15) is 0 Å². The molecule has 1 heterocycles. The van der Waals surface area contributed by atoms with Gasteiger partial charge in [0.2, 0.25) is 5.91 Å². The molecular weight excluding hydrogens is 228 g/mol. The van der Waals surface area contributed by atoms with Crippen LogP contribution >= 0.6 is 0 Å². The van der Waals surface area contributed by atoms with E-state index in [4.69, 9.17) is 4.74 Å². The molecule has 0 aliphatic carbocycles. The van der Waals surface area contributed by atoms with E-state index >= 15 is 0 Å². The fourth-order valence-corrected chi connectivity index (χ4v) is 1.76. The molecule has 0 aromatic carbocycles. The Hall–Kier alpha value is -1.05. The van der Waals surface area contributed by atoms with Crippen LogP contribution in [-0.2, 0) is 9.53 Å². The van der Waals surface area contributed by atoms with E-state index in [9.17, 15) is 4.79 Å². The van der Waals surface area contributed by atoms with Crippen molar-refractivity contribution in [2.75, 3.05) is 32.8 Å². The average molecular weight is 252 g/mol. The summed E-state index contributed by atoms with van der Waals surface area (Å²) in [6.45, 7) is 9.71. The molecule has 1 fully saturated rings. The van der Waals surface area contributed by atoms with E-state index in [1.165, 1.54) is 0 Å². The normalized spacial score (nSPS) is 20.3. The molecule has 1 N–H and O–H groups in total. The van der Waals surface area contributed by atoms with Crippen LogP contribution in [0.5, 0.6) is 0 Å². The molecule has 4 heteroatoms. The summed E-state index contributed by atoms with van der Waals surface area (Å²) in [6.07, 6.45) is 0.989. The maximum Gasteiger partial charge on any atom is 0.222 e. The highest BCUT2D eigenvalue weighted by atomic mass is 16.5. The van der Waals surface area contributed by atoms with Crippen molar-refractivity contribution in [3.05, 3.63) is 0 Å². The SMILES string of the molecule is CCC#CCN1CCOC(CNC(=O)C(C)C)C1. The summed E-state index contributed by atoms with van der Waals surface area (Å²) in [5, 5.41) is 2.91. The molecule has 102 valence electrons. The summed E-state index contributed by atoms with van der Waals surface area (Å²) in [5.41, 5.74) is 0. The quantitative estimate of drug-likeness (QED) is 0.755. The molecule has 1 saturated heterocycles. The molecule has 1 amide bonds. The second-order valence-corrected chi connectivity index (χ2v) is 4.83. The summed E-state index contributed by atoms with van der Waals surface area (Å²) in [4.78, 5) is 13.8. The van der Waals surface area contributed by atoms with Crippen molar-refractivity contribution in [3.63, 3.8) is 0 Å². The van der Waals surface area contributed by atoms with E-state index in [0.29, 0.717) is 6.54 Å². The highest BCUT2D eigenvalue weighted by Gasteiger charge is 2.20. The van der Waals surface area contributed by atoms with Gasteiger partial charge in [0, 0.05) is 32.0 Å². The Bertz CT molecular complexity index is 317. The lowest BCUT2D eigenvalue weighted by molar-refractivity contribution is -0.125. The number of rotatable bonds is 4. The van der Waals surface area contributed by atoms with E-state index in [1.54, 1.807) is 0 Å². The van der Waals surface area contributed by atoms with E-state index in [0.717, 1.165) is 32.7 Å². The van der Waals surface area contributed by atoms with Crippen molar-refractivity contribution >= 4 is 5.91 Å². The van der Waals surface area contributed by atoms with Crippen LogP contribution in [0.1, 0.15) is 27.2 Å². The fourth-order valence-electron chi connectivity index (χ4n) is 1.76. The highest BCUT2D eigenvalue weighted by molar-refractivity contribution is 5.77. The van der Waals surface area contributed by atoms with Crippen molar-refractivity contribution in [3.8, 4) is 11.8 Å². The molecular formula is C14H24N2O2. The molecule has 1 aliphatic rings. The van der Waals surface area contributed by atoms with Crippen molar-refractivity contribution in [2.45, 2.75) is 33.3 Å². The summed E-state index contributed by atoms with van der Waals surface area (Å²) in [7, 11) is 0. The second-order valence-electron chi connectivity index (χ2n) is 4.83. The summed E-state index contributed by atoms with van der Waals surface area (Å²) in [6, 6.07) is 0. The van der Waals surface area contributed by atoms with Crippen LogP contribution in [0.2, 0.25) is 0 Å². The van der Waals surface area contributed by atoms with Crippen LogP contribution in [0, 0.1) is 17.8 Å². The third kappa shape index (κ3) is 5.52. The minimum Gasteiger partial charge on any atom is -0.374 e. The van der Waals surface area contributed by atoms with Gasteiger partial charge in [0.15, 0.2) is 0 Å². The molecule has 4 nitrogen and oxygen atoms in total. The number of ether oxygens (including phenoxy) is 1. The molecule has 1 aliphatic heterocycles. The largest absolute Gasteiger partial charge is 0.374 e. The number of nitrogens with one attached hydrogen (secondary N) is 1. The van der Waals surface area contributed by atoms with Gasteiger partial charge in [-0.3, -0.25) is 9.69 Å². The zero-order chi connectivity index (χ0) is 13.4. The van der Waals surface area contributed by atoms with Crippen molar-refractivity contribution in [1.82, 2.24) is 10.2 Å². The smallest absolute Gasteiger partial charge is 0.222 e. The van der Waals surface area contributed by atoms with Crippen LogP contribution in [0.15, 0.2) is 0 Å². The number of carbonyl (C=O) groups is 1. The summed E-state index contributed by atoms with van der Waals surface area (Å²) < 4.78 is 5.64. The van der Waals surface area contributed by atoms with Crippen molar-refractivity contribution in [1.29, 1.82) is 0 Å². The highest BCUT2D eigenvalue weighted by Crippen LogP contribution is 2.04. The van der Waals surface area contributed by atoms with Gasteiger partial charge in [0.05, 0.1) is 19.3 Å². The zero-order valence-electron chi connectivity index (χ0n) is 11.7. The minimum absolute atomic E-state index is 0.0279. The Kier molecular flexibility index (Phi) is 6.77. The molecule has 1 atom stereocenters. The van der Waals surface area contributed by atoms with Crippen molar-refractivity contribution in [2.24, 2.45) is 5.92 Å².